The van der Waals surface area contributed by atoms with Crippen molar-refractivity contribution in [2.75, 3.05) is 31.1 Å². The van der Waals surface area contributed by atoms with E-state index in [1.54, 1.807) is 23.6 Å². The molecule has 2 aromatic rings. The van der Waals surface area contributed by atoms with Crippen molar-refractivity contribution in [2.24, 2.45) is 5.16 Å². The highest BCUT2D eigenvalue weighted by Gasteiger charge is 2.45. The minimum atomic E-state index is -0.594. The van der Waals surface area contributed by atoms with Gasteiger partial charge in [0.1, 0.15) is 34.1 Å². The van der Waals surface area contributed by atoms with Gasteiger partial charge < -0.3 is 19.6 Å². The summed E-state index contributed by atoms with van der Waals surface area (Å²) in [6.07, 6.45) is 1.44. The van der Waals surface area contributed by atoms with Crippen molar-refractivity contribution in [2.45, 2.75) is 38.7 Å². The summed E-state index contributed by atoms with van der Waals surface area (Å²) in [6.45, 7) is 5.05. The van der Waals surface area contributed by atoms with Gasteiger partial charge in [0.2, 0.25) is 0 Å². The second-order valence-electron chi connectivity index (χ2n) is 8.29. The van der Waals surface area contributed by atoms with Gasteiger partial charge in [-0.05, 0) is 24.8 Å². The first-order valence-corrected chi connectivity index (χ1v) is 12.7. The van der Waals surface area contributed by atoms with E-state index in [4.69, 9.17) is 21.0 Å². The number of hydrogen-bond donors (Lipinski definition) is 1. The third-order valence-electron chi connectivity index (χ3n) is 6.08. The second-order valence-corrected chi connectivity index (χ2v) is 10.1. The summed E-state index contributed by atoms with van der Waals surface area (Å²) in [5.41, 5.74) is 0.109. The number of nitrogens with zero attached hydrogens (tertiary/aromatic N) is 3. The summed E-state index contributed by atoms with van der Waals surface area (Å²) in [7, 11) is 0. The lowest BCUT2D eigenvalue weighted by Crippen LogP contribution is -2.47. The minimum absolute atomic E-state index is 0.0402. The number of amides is 2. The van der Waals surface area contributed by atoms with E-state index in [9.17, 15) is 14.0 Å². The molecule has 2 aliphatic rings. The molecule has 182 valence electrons. The van der Waals surface area contributed by atoms with E-state index >= 15 is 0 Å². The standard InChI is InChI=1S/C23H26ClFN4O4S/c1-3-34-12-9-26-21(30)17-13-23(33-27-17)7-10-29(11-8-23)22(31)18-14(2)32-28-20(18)19-15(24)5-4-6-16(19)25/h4-6H,3,7-13H2,1-2H3,(H,26,30). The van der Waals surface area contributed by atoms with Crippen LogP contribution in [0.5, 0.6) is 0 Å². The van der Waals surface area contributed by atoms with E-state index in [-0.39, 0.29) is 33.7 Å². The minimum Gasteiger partial charge on any atom is -0.388 e. The quantitative estimate of drug-likeness (QED) is 0.566. The molecule has 0 aliphatic carbocycles. The van der Waals surface area contributed by atoms with Crippen LogP contribution in [0.15, 0.2) is 27.9 Å². The van der Waals surface area contributed by atoms with Gasteiger partial charge in [0.15, 0.2) is 0 Å². The first kappa shape index (κ1) is 24.5. The van der Waals surface area contributed by atoms with Crippen LogP contribution in [0.2, 0.25) is 5.02 Å². The van der Waals surface area contributed by atoms with Crippen LogP contribution in [0.25, 0.3) is 11.3 Å². The molecular weight excluding hydrogens is 483 g/mol. The maximum atomic E-state index is 14.5. The second kappa shape index (κ2) is 10.4. The van der Waals surface area contributed by atoms with E-state index in [1.807, 2.05) is 0 Å². The van der Waals surface area contributed by atoms with Crippen LogP contribution in [-0.4, -0.2) is 64.3 Å². The van der Waals surface area contributed by atoms with Crippen LogP contribution in [0.3, 0.4) is 0 Å². The predicted molar refractivity (Wildman–Crippen MR) is 129 cm³/mol. The van der Waals surface area contributed by atoms with Gasteiger partial charge in [-0.3, -0.25) is 9.59 Å². The van der Waals surface area contributed by atoms with Gasteiger partial charge >= 0.3 is 0 Å². The third kappa shape index (κ3) is 4.93. The molecule has 4 rings (SSSR count). The molecule has 11 heteroatoms. The monoisotopic (exact) mass is 508 g/mol. The third-order valence-corrected chi connectivity index (χ3v) is 7.29. The van der Waals surface area contributed by atoms with Crippen molar-refractivity contribution in [3.63, 3.8) is 0 Å². The van der Waals surface area contributed by atoms with Gasteiger partial charge in [-0.25, -0.2) is 4.39 Å². The number of piperidine rings is 1. The van der Waals surface area contributed by atoms with Crippen LogP contribution in [0.4, 0.5) is 4.39 Å². The fourth-order valence-electron chi connectivity index (χ4n) is 4.19. The molecule has 0 atom stereocenters. The molecule has 34 heavy (non-hydrogen) atoms. The van der Waals surface area contributed by atoms with Crippen molar-refractivity contribution in [3.05, 3.63) is 40.4 Å². The maximum absolute atomic E-state index is 14.5. The van der Waals surface area contributed by atoms with E-state index < -0.39 is 11.4 Å². The molecule has 0 bridgehead atoms. The van der Waals surface area contributed by atoms with E-state index in [0.717, 1.165) is 11.5 Å². The Balaban J connectivity index is 1.40. The van der Waals surface area contributed by atoms with Crippen molar-refractivity contribution < 1.29 is 23.3 Å². The Morgan fingerprint density at radius 1 is 1.32 bits per heavy atom. The topological polar surface area (TPSA) is 97.0 Å². The largest absolute Gasteiger partial charge is 0.388 e. The van der Waals surface area contributed by atoms with Gasteiger partial charge in [0.05, 0.1) is 10.6 Å². The summed E-state index contributed by atoms with van der Waals surface area (Å²) < 4.78 is 19.7. The van der Waals surface area contributed by atoms with Gasteiger partial charge in [0, 0.05) is 44.6 Å². The molecular formula is C23H26ClFN4O4S. The van der Waals surface area contributed by atoms with Crippen LogP contribution in [0, 0.1) is 12.7 Å². The summed E-state index contributed by atoms with van der Waals surface area (Å²) in [4.78, 5) is 33.1. The van der Waals surface area contributed by atoms with Crippen molar-refractivity contribution in [3.8, 4) is 11.3 Å². The number of hydrogen-bond acceptors (Lipinski definition) is 7. The summed E-state index contributed by atoms with van der Waals surface area (Å²) in [5.74, 6) is 1.04. The molecule has 1 saturated heterocycles. The average Bonchev–Trinajstić information content (AvgIpc) is 3.40. The normalized spacial score (nSPS) is 16.9. The average molecular weight is 509 g/mol. The molecule has 8 nitrogen and oxygen atoms in total. The summed E-state index contributed by atoms with van der Waals surface area (Å²) in [6, 6.07) is 4.29. The Labute approximate surface area is 206 Å². The Hall–Kier alpha value is -2.59. The zero-order chi connectivity index (χ0) is 24.3. The zero-order valence-corrected chi connectivity index (χ0v) is 20.6. The fourth-order valence-corrected chi connectivity index (χ4v) is 4.98. The number of oxime groups is 1. The summed E-state index contributed by atoms with van der Waals surface area (Å²) in [5, 5.41) is 11.0. The number of carbonyl (C=O) groups excluding carboxylic acids is 2. The molecule has 1 aromatic heterocycles. The Bertz CT molecular complexity index is 1090. The number of thioether (sulfide) groups is 1. The van der Waals surface area contributed by atoms with Crippen molar-refractivity contribution in [1.82, 2.24) is 15.4 Å². The van der Waals surface area contributed by atoms with Gasteiger partial charge in [0.25, 0.3) is 11.8 Å². The molecule has 0 radical (unpaired) electrons. The lowest BCUT2D eigenvalue weighted by molar-refractivity contribution is -0.114. The van der Waals surface area contributed by atoms with Crippen LogP contribution >= 0.6 is 23.4 Å². The van der Waals surface area contributed by atoms with E-state index in [0.29, 0.717) is 50.4 Å². The SMILES string of the molecule is CCSCCNC(=O)C1=NOC2(CCN(C(=O)c3c(-c4c(F)cccc4Cl)noc3C)CC2)C1. The summed E-state index contributed by atoms with van der Waals surface area (Å²) >= 11 is 7.95. The number of carbonyl (C=O) groups is 2. The first-order chi connectivity index (χ1) is 16.3. The number of likely N-dealkylation sites (tertiary alicyclic amines) is 1. The Kier molecular flexibility index (Phi) is 7.47. The molecule has 1 N–H and O–H groups in total. The molecule has 2 amide bonds. The van der Waals surface area contributed by atoms with Gasteiger partial charge in [-0.15, -0.1) is 0 Å². The van der Waals surface area contributed by atoms with Crippen molar-refractivity contribution >= 4 is 40.9 Å². The fraction of sp³-hybridized carbons (Fsp3) is 0.478. The maximum Gasteiger partial charge on any atom is 0.269 e. The molecule has 1 aromatic carbocycles. The number of halogens is 2. The van der Waals surface area contributed by atoms with Gasteiger partial charge in [-0.2, -0.15) is 11.8 Å². The predicted octanol–water partition coefficient (Wildman–Crippen LogP) is 4.06. The molecule has 3 heterocycles. The van der Waals surface area contributed by atoms with Gasteiger partial charge in [-0.1, -0.05) is 34.9 Å². The Morgan fingerprint density at radius 2 is 2.09 bits per heavy atom. The number of aromatic nitrogens is 1. The van der Waals surface area contributed by atoms with Crippen LogP contribution in [-0.2, 0) is 9.63 Å². The van der Waals surface area contributed by atoms with Crippen molar-refractivity contribution in [1.29, 1.82) is 0 Å². The van der Waals surface area contributed by atoms with E-state index in [2.05, 4.69) is 22.6 Å². The Morgan fingerprint density at radius 3 is 2.79 bits per heavy atom. The molecule has 0 saturated carbocycles. The van der Waals surface area contributed by atoms with E-state index in [1.165, 1.54) is 18.2 Å². The zero-order valence-electron chi connectivity index (χ0n) is 19.0. The highest BCUT2D eigenvalue weighted by atomic mass is 35.5. The van der Waals surface area contributed by atoms with Crippen LogP contribution in [0.1, 0.15) is 42.3 Å². The highest BCUT2D eigenvalue weighted by Crippen LogP contribution is 2.37. The molecule has 1 fully saturated rings. The molecule has 1 spiro atoms. The number of rotatable bonds is 7. The first-order valence-electron chi connectivity index (χ1n) is 11.2. The molecule has 0 unspecified atom stereocenters. The smallest absolute Gasteiger partial charge is 0.269 e. The number of aryl methyl sites for hydroxylation is 1. The number of nitrogens with one attached hydrogen (secondary N) is 1. The molecule has 2 aliphatic heterocycles. The lowest BCUT2D eigenvalue weighted by atomic mass is 9.86. The lowest BCUT2D eigenvalue weighted by Gasteiger charge is -2.37. The number of benzene rings is 1. The highest BCUT2D eigenvalue weighted by molar-refractivity contribution is 7.99. The van der Waals surface area contributed by atoms with Crippen LogP contribution < -0.4 is 5.32 Å².